The fourth-order valence-electron chi connectivity index (χ4n) is 3.19. The molecule has 0 heterocycles. The highest BCUT2D eigenvalue weighted by Crippen LogP contribution is 2.33. The monoisotopic (exact) mass is 251 g/mol. The summed E-state index contributed by atoms with van der Waals surface area (Å²) >= 11 is 0. The summed E-state index contributed by atoms with van der Waals surface area (Å²) in [6.07, 6.45) is 2.42. The van der Waals surface area contributed by atoms with E-state index in [1.54, 1.807) is 0 Å². The van der Waals surface area contributed by atoms with Crippen LogP contribution in [0, 0.1) is 6.92 Å². The average Bonchev–Trinajstić information content (AvgIpc) is 2.83. The molecule has 2 aromatic rings. The van der Waals surface area contributed by atoms with E-state index >= 15 is 0 Å². The van der Waals surface area contributed by atoms with E-state index < -0.39 is 0 Å². The predicted molar refractivity (Wildman–Crippen MR) is 80.2 cm³/mol. The van der Waals surface area contributed by atoms with E-state index in [-0.39, 0.29) is 0 Å². The zero-order valence-electron chi connectivity index (χ0n) is 11.7. The molecule has 0 saturated carbocycles. The molecule has 0 fully saturated rings. The molecule has 1 aliphatic carbocycles. The van der Waals surface area contributed by atoms with E-state index in [9.17, 15) is 0 Å². The van der Waals surface area contributed by atoms with Crippen molar-refractivity contribution < 1.29 is 0 Å². The molecule has 2 unspecified atom stereocenters. The van der Waals surface area contributed by atoms with E-state index in [1.165, 1.54) is 35.1 Å². The van der Waals surface area contributed by atoms with Gasteiger partial charge in [-0.2, -0.15) is 0 Å². The Balaban J connectivity index is 1.78. The summed E-state index contributed by atoms with van der Waals surface area (Å²) < 4.78 is 0. The Morgan fingerprint density at radius 1 is 1.05 bits per heavy atom. The Bertz CT molecular complexity index is 573. The van der Waals surface area contributed by atoms with Crippen LogP contribution in [-0.4, -0.2) is 0 Å². The van der Waals surface area contributed by atoms with Crippen LogP contribution in [0.4, 0.5) is 0 Å². The highest BCUT2D eigenvalue weighted by Gasteiger charge is 2.23. The molecule has 2 atom stereocenters. The van der Waals surface area contributed by atoms with Crippen molar-refractivity contribution in [3.8, 4) is 0 Å². The van der Waals surface area contributed by atoms with E-state index in [4.69, 9.17) is 0 Å². The van der Waals surface area contributed by atoms with Crippen LogP contribution in [0.2, 0.25) is 0 Å². The Hall–Kier alpha value is -1.60. The minimum atomic E-state index is 0.400. The zero-order chi connectivity index (χ0) is 13.2. The smallest absolute Gasteiger partial charge is 0.0331 e. The third kappa shape index (κ3) is 2.43. The summed E-state index contributed by atoms with van der Waals surface area (Å²) in [6, 6.07) is 18.4. The van der Waals surface area contributed by atoms with Gasteiger partial charge in [-0.3, -0.25) is 0 Å². The van der Waals surface area contributed by atoms with Gasteiger partial charge in [0.25, 0.3) is 0 Å². The molecule has 19 heavy (non-hydrogen) atoms. The van der Waals surface area contributed by atoms with Crippen LogP contribution >= 0.6 is 0 Å². The van der Waals surface area contributed by atoms with E-state index in [1.807, 2.05) is 0 Å². The molecule has 0 aromatic heterocycles. The van der Waals surface area contributed by atoms with Crippen LogP contribution < -0.4 is 5.32 Å². The number of aryl methyl sites for hydroxylation is 2. The van der Waals surface area contributed by atoms with Crippen molar-refractivity contribution >= 4 is 0 Å². The van der Waals surface area contributed by atoms with Crippen molar-refractivity contribution in [3.63, 3.8) is 0 Å². The van der Waals surface area contributed by atoms with Gasteiger partial charge in [0.1, 0.15) is 0 Å². The minimum absolute atomic E-state index is 0.400. The number of fused-ring (bicyclic) bond motifs is 1. The van der Waals surface area contributed by atoms with Gasteiger partial charge >= 0.3 is 0 Å². The zero-order valence-corrected chi connectivity index (χ0v) is 11.7. The lowest BCUT2D eigenvalue weighted by molar-refractivity contribution is 0.464. The van der Waals surface area contributed by atoms with Gasteiger partial charge in [0.05, 0.1) is 0 Å². The van der Waals surface area contributed by atoms with Gasteiger partial charge in [-0.15, -0.1) is 0 Å². The molecule has 0 aliphatic heterocycles. The van der Waals surface area contributed by atoms with Gasteiger partial charge in [-0.25, -0.2) is 0 Å². The van der Waals surface area contributed by atoms with Crippen molar-refractivity contribution in [1.82, 2.24) is 5.32 Å². The Morgan fingerprint density at radius 3 is 2.63 bits per heavy atom. The number of hydrogen-bond acceptors (Lipinski definition) is 1. The second-order valence-electron chi connectivity index (χ2n) is 5.54. The first-order valence-electron chi connectivity index (χ1n) is 7.15. The lowest BCUT2D eigenvalue weighted by Crippen LogP contribution is -2.23. The average molecular weight is 251 g/mol. The lowest BCUT2D eigenvalue weighted by atomic mass is 10.0. The summed E-state index contributed by atoms with van der Waals surface area (Å²) in [4.78, 5) is 0. The van der Waals surface area contributed by atoms with Crippen molar-refractivity contribution in [2.75, 3.05) is 0 Å². The highest BCUT2D eigenvalue weighted by molar-refractivity contribution is 5.35. The Kier molecular flexibility index (Phi) is 3.39. The Labute approximate surface area is 115 Å². The molecule has 98 valence electrons. The topological polar surface area (TPSA) is 12.0 Å². The quantitative estimate of drug-likeness (QED) is 0.856. The molecule has 3 rings (SSSR count). The maximum atomic E-state index is 3.79. The van der Waals surface area contributed by atoms with E-state index in [0.29, 0.717) is 12.1 Å². The largest absolute Gasteiger partial charge is 0.303 e. The molecule has 2 aromatic carbocycles. The summed E-state index contributed by atoms with van der Waals surface area (Å²) in [5.41, 5.74) is 5.78. The van der Waals surface area contributed by atoms with Crippen LogP contribution in [0.25, 0.3) is 0 Å². The van der Waals surface area contributed by atoms with Crippen LogP contribution in [-0.2, 0) is 6.42 Å². The third-order valence-corrected chi connectivity index (χ3v) is 4.24. The van der Waals surface area contributed by atoms with Crippen LogP contribution in [0.5, 0.6) is 0 Å². The molecule has 0 radical (unpaired) electrons. The molecule has 1 aliphatic rings. The van der Waals surface area contributed by atoms with Gasteiger partial charge in [0.15, 0.2) is 0 Å². The summed E-state index contributed by atoms with van der Waals surface area (Å²) in [5, 5.41) is 3.79. The lowest BCUT2D eigenvalue weighted by Gasteiger charge is -2.22. The fraction of sp³-hybridized carbons (Fsp3) is 0.333. The van der Waals surface area contributed by atoms with Crippen LogP contribution in [0.1, 0.15) is 47.7 Å². The van der Waals surface area contributed by atoms with E-state index in [0.717, 1.165) is 0 Å². The predicted octanol–water partition coefficient (Wildman–Crippen LogP) is 4.33. The van der Waals surface area contributed by atoms with Crippen LogP contribution in [0.3, 0.4) is 0 Å². The molecular formula is C18H21N. The number of hydrogen-bond donors (Lipinski definition) is 1. The van der Waals surface area contributed by atoms with Gasteiger partial charge < -0.3 is 5.32 Å². The normalized spacial score (nSPS) is 19.2. The van der Waals surface area contributed by atoms with Gasteiger partial charge in [0, 0.05) is 12.1 Å². The number of rotatable bonds is 3. The van der Waals surface area contributed by atoms with Gasteiger partial charge in [0.2, 0.25) is 0 Å². The van der Waals surface area contributed by atoms with Gasteiger partial charge in [-0.1, -0.05) is 48.5 Å². The van der Waals surface area contributed by atoms with E-state index in [2.05, 4.69) is 67.7 Å². The number of benzene rings is 2. The third-order valence-electron chi connectivity index (χ3n) is 4.24. The molecule has 1 nitrogen and oxygen atoms in total. The van der Waals surface area contributed by atoms with Crippen LogP contribution in [0.15, 0.2) is 48.5 Å². The molecule has 0 spiro atoms. The SMILES string of the molecule is Cc1ccccc1C(C)NC1CCc2ccccc21. The Morgan fingerprint density at radius 2 is 1.79 bits per heavy atom. The number of nitrogens with one attached hydrogen (secondary N) is 1. The maximum absolute atomic E-state index is 3.79. The first kappa shape index (κ1) is 12.4. The van der Waals surface area contributed by atoms with Crippen molar-refractivity contribution in [2.24, 2.45) is 0 Å². The van der Waals surface area contributed by atoms with Crippen molar-refractivity contribution in [2.45, 2.75) is 38.8 Å². The van der Waals surface area contributed by atoms with Gasteiger partial charge in [-0.05, 0) is 48.9 Å². The second-order valence-corrected chi connectivity index (χ2v) is 5.54. The standard InChI is InChI=1S/C18H21N/c1-13-7-3-5-9-16(13)14(2)19-18-12-11-15-8-4-6-10-17(15)18/h3-10,14,18-19H,11-12H2,1-2H3. The van der Waals surface area contributed by atoms with Crippen molar-refractivity contribution in [3.05, 3.63) is 70.8 Å². The fourth-order valence-corrected chi connectivity index (χ4v) is 3.19. The molecule has 1 N–H and O–H groups in total. The molecule has 0 amide bonds. The van der Waals surface area contributed by atoms with Crippen molar-refractivity contribution in [1.29, 1.82) is 0 Å². The highest BCUT2D eigenvalue weighted by atomic mass is 14.9. The molecule has 0 saturated heterocycles. The molecular weight excluding hydrogens is 230 g/mol. The maximum Gasteiger partial charge on any atom is 0.0331 e. The first-order chi connectivity index (χ1) is 9.25. The minimum Gasteiger partial charge on any atom is -0.303 e. The summed E-state index contributed by atoms with van der Waals surface area (Å²) in [7, 11) is 0. The summed E-state index contributed by atoms with van der Waals surface area (Å²) in [5.74, 6) is 0. The molecule has 1 heteroatoms. The first-order valence-corrected chi connectivity index (χ1v) is 7.15. The second kappa shape index (κ2) is 5.18. The summed E-state index contributed by atoms with van der Waals surface area (Å²) in [6.45, 7) is 4.46. The molecule has 0 bridgehead atoms.